The van der Waals surface area contributed by atoms with E-state index in [1.165, 1.54) is 4.90 Å². The van der Waals surface area contributed by atoms with Crippen LogP contribution in [0.15, 0.2) is 0 Å². The molecule has 100 valence electrons. The quantitative estimate of drug-likeness (QED) is 0.779. The number of aliphatic carboxylic acids is 1. The van der Waals surface area contributed by atoms with Gasteiger partial charge in [-0.25, -0.2) is 0 Å². The van der Waals surface area contributed by atoms with E-state index in [4.69, 9.17) is 5.11 Å². The molecule has 0 bridgehead atoms. The van der Waals surface area contributed by atoms with Crippen molar-refractivity contribution < 1.29 is 14.7 Å². The van der Waals surface area contributed by atoms with Crippen LogP contribution >= 0.6 is 0 Å². The number of rotatable bonds is 6. The highest BCUT2D eigenvalue weighted by Crippen LogP contribution is 2.21. The van der Waals surface area contributed by atoms with Crippen LogP contribution < -0.4 is 0 Å². The molecular formula is C13H25NO3. The average Bonchev–Trinajstić information content (AvgIpc) is 2.10. The Labute approximate surface area is 104 Å². The van der Waals surface area contributed by atoms with Gasteiger partial charge in [0.2, 0.25) is 5.91 Å². The van der Waals surface area contributed by atoms with Gasteiger partial charge >= 0.3 is 5.97 Å². The minimum atomic E-state index is -0.949. The number of carbonyl (C=O) groups excluding carboxylic acids is 1. The van der Waals surface area contributed by atoms with E-state index >= 15 is 0 Å². The molecule has 0 atom stereocenters. The van der Waals surface area contributed by atoms with Gasteiger partial charge in [-0.1, -0.05) is 34.6 Å². The first-order valence-corrected chi connectivity index (χ1v) is 6.11. The summed E-state index contributed by atoms with van der Waals surface area (Å²) in [6.07, 6.45) is 1.20. The number of hydrogen-bond donors (Lipinski definition) is 1. The molecule has 0 unspecified atom stereocenters. The highest BCUT2D eigenvalue weighted by molar-refractivity contribution is 5.81. The summed E-state index contributed by atoms with van der Waals surface area (Å²) in [4.78, 5) is 24.1. The third kappa shape index (κ3) is 8.72. The van der Waals surface area contributed by atoms with Gasteiger partial charge in [0.15, 0.2) is 0 Å². The van der Waals surface area contributed by atoms with Crippen molar-refractivity contribution in [2.75, 3.05) is 13.1 Å². The van der Waals surface area contributed by atoms with Crippen molar-refractivity contribution in [1.29, 1.82) is 0 Å². The fourth-order valence-corrected chi connectivity index (χ4v) is 1.50. The van der Waals surface area contributed by atoms with Crippen LogP contribution in [0.3, 0.4) is 0 Å². The Balaban J connectivity index is 4.37. The first-order chi connectivity index (χ1) is 7.61. The van der Waals surface area contributed by atoms with Crippen LogP contribution in [0.25, 0.3) is 0 Å². The van der Waals surface area contributed by atoms with E-state index in [2.05, 4.69) is 20.8 Å². The van der Waals surface area contributed by atoms with Crippen LogP contribution in [-0.4, -0.2) is 35.0 Å². The van der Waals surface area contributed by atoms with Crippen LogP contribution in [0, 0.1) is 11.3 Å². The number of amides is 1. The molecule has 4 nitrogen and oxygen atoms in total. The molecule has 0 aliphatic heterocycles. The maximum Gasteiger partial charge on any atom is 0.323 e. The van der Waals surface area contributed by atoms with Crippen LogP contribution in [0.2, 0.25) is 0 Å². The van der Waals surface area contributed by atoms with Crippen LogP contribution in [0.4, 0.5) is 0 Å². The summed E-state index contributed by atoms with van der Waals surface area (Å²) in [6, 6.07) is 0. The van der Waals surface area contributed by atoms with Gasteiger partial charge in [-0.05, 0) is 17.8 Å². The van der Waals surface area contributed by atoms with E-state index in [-0.39, 0.29) is 23.8 Å². The zero-order valence-electron chi connectivity index (χ0n) is 11.6. The summed E-state index contributed by atoms with van der Waals surface area (Å²) in [5, 5.41) is 8.78. The average molecular weight is 243 g/mol. The SMILES string of the molecule is CC(C)CN(CC(=O)O)C(=O)CCC(C)(C)C. The summed E-state index contributed by atoms with van der Waals surface area (Å²) in [6.45, 7) is 10.5. The highest BCUT2D eigenvalue weighted by Gasteiger charge is 2.20. The van der Waals surface area contributed by atoms with E-state index in [0.29, 0.717) is 13.0 Å². The predicted molar refractivity (Wildman–Crippen MR) is 67.7 cm³/mol. The van der Waals surface area contributed by atoms with E-state index < -0.39 is 5.97 Å². The number of carbonyl (C=O) groups is 2. The molecule has 0 saturated carbocycles. The predicted octanol–water partition coefficient (Wildman–Crippen LogP) is 2.38. The lowest BCUT2D eigenvalue weighted by molar-refractivity contribution is -0.145. The van der Waals surface area contributed by atoms with Crippen LogP contribution in [-0.2, 0) is 9.59 Å². The monoisotopic (exact) mass is 243 g/mol. The number of hydrogen-bond acceptors (Lipinski definition) is 2. The van der Waals surface area contributed by atoms with Crippen molar-refractivity contribution in [1.82, 2.24) is 4.90 Å². The lowest BCUT2D eigenvalue weighted by Crippen LogP contribution is -2.38. The van der Waals surface area contributed by atoms with Crippen molar-refractivity contribution in [2.45, 2.75) is 47.5 Å². The van der Waals surface area contributed by atoms with Crippen LogP contribution in [0.5, 0.6) is 0 Å². The molecule has 0 heterocycles. The van der Waals surface area contributed by atoms with Crippen molar-refractivity contribution >= 4 is 11.9 Å². The van der Waals surface area contributed by atoms with Gasteiger partial charge in [-0.2, -0.15) is 0 Å². The summed E-state index contributed by atoms with van der Waals surface area (Å²) in [5.41, 5.74) is 0.0996. The lowest BCUT2D eigenvalue weighted by atomic mass is 9.90. The Morgan fingerprint density at radius 1 is 1.24 bits per heavy atom. The van der Waals surface area contributed by atoms with Crippen molar-refractivity contribution in [3.05, 3.63) is 0 Å². The zero-order chi connectivity index (χ0) is 13.6. The minimum absolute atomic E-state index is 0.0592. The standard InChI is InChI=1S/C13H25NO3/c1-10(2)8-14(9-12(16)17)11(15)6-7-13(3,4)5/h10H,6-9H2,1-5H3,(H,16,17). The molecule has 1 N–H and O–H groups in total. The topological polar surface area (TPSA) is 57.6 Å². The van der Waals surface area contributed by atoms with Crippen molar-refractivity contribution in [2.24, 2.45) is 11.3 Å². The van der Waals surface area contributed by atoms with Gasteiger partial charge in [-0.15, -0.1) is 0 Å². The van der Waals surface area contributed by atoms with Crippen molar-refractivity contribution in [3.8, 4) is 0 Å². The summed E-state index contributed by atoms with van der Waals surface area (Å²) < 4.78 is 0. The zero-order valence-corrected chi connectivity index (χ0v) is 11.6. The molecule has 4 heteroatoms. The summed E-state index contributed by atoms with van der Waals surface area (Å²) >= 11 is 0. The number of carboxylic acids is 1. The molecular weight excluding hydrogens is 218 g/mol. The van der Waals surface area contributed by atoms with Crippen molar-refractivity contribution in [3.63, 3.8) is 0 Å². The van der Waals surface area contributed by atoms with Crippen LogP contribution in [0.1, 0.15) is 47.5 Å². The summed E-state index contributed by atoms with van der Waals surface area (Å²) in [7, 11) is 0. The van der Waals surface area contributed by atoms with Gasteiger partial charge in [0.05, 0.1) is 0 Å². The first kappa shape index (κ1) is 15.9. The number of nitrogens with zero attached hydrogens (tertiary/aromatic N) is 1. The van der Waals surface area contributed by atoms with E-state index in [1.54, 1.807) is 0 Å². The largest absolute Gasteiger partial charge is 0.480 e. The third-order valence-corrected chi connectivity index (χ3v) is 2.35. The Kier molecular flexibility index (Phi) is 6.21. The lowest BCUT2D eigenvalue weighted by Gasteiger charge is -2.25. The normalized spacial score (nSPS) is 11.6. The molecule has 0 fully saturated rings. The second-order valence-corrected chi connectivity index (χ2v) is 6.12. The summed E-state index contributed by atoms with van der Waals surface area (Å²) in [5.74, 6) is -0.723. The van der Waals surface area contributed by atoms with Gasteiger partial charge < -0.3 is 10.0 Å². The third-order valence-electron chi connectivity index (χ3n) is 2.35. The molecule has 0 radical (unpaired) electrons. The molecule has 1 amide bonds. The Hall–Kier alpha value is -1.06. The number of carboxylic acid groups (broad SMARTS) is 1. The highest BCUT2D eigenvalue weighted by atomic mass is 16.4. The Morgan fingerprint density at radius 3 is 2.12 bits per heavy atom. The van der Waals surface area contributed by atoms with Gasteiger partial charge in [0.25, 0.3) is 0 Å². The Bertz CT molecular complexity index is 266. The van der Waals surface area contributed by atoms with E-state index in [1.807, 2.05) is 13.8 Å². The fraction of sp³-hybridized carbons (Fsp3) is 0.846. The Morgan fingerprint density at radius 2 is 1.76 bits per heavy atom. The molecule has 0 aromatic heterocycles. The molecule has 17 heavy (non-hydrogen) atoms. The fourth-order valence-electron chi connectivity index (χ4n) is 1.50. The molecule has 0 aliphatic carbocycles. The molecule has 0 saturated heterocycles. The maximum absolute atomic E-state index is 11.9. The van der Waals surface area contributed by atoms with Gasteiger partial charge in [-0.3, -0.25) is 9.59 Å². The second-order valence-electron chi connectivity index (χ2n) is 6.12. The van der Waals surface area contributed by atoms with E-state index in [0.717, 1.165) is 6.42 Å². The molecule has 0 aliphatic rings. The maximum atomic E-state index is 11.9. The molecule has 0 spiro atoms. The second kappa shape index (κ2) is 6.62. The first-order valence-electron chi connectivity index (χ1n) is 6.11. The minimum Gasteiger partial charge on any atom is -0.480 e. The molecule has 0 aromatic carbocycles. The van der Waals surface area contributed by atoms with Gasteiger partial charge in [0.1, 0.15) is 6.54 Å². The molecule has 0 aromatic rings. The van der Waals surface area contributed by atoms with Gasteiger partial charge in [0, 0.05) is 13.0 Å². The van der Waals surface area contributed by atoms with E-state index in [9.17, 15) is 9.59 Å². The smallest absolute Gasteiger partial charge is 0.323 e. The molecule has 0 rings (SSSR count).